The van der Waals surface area contributed by atoms with Gasteiger partial charge in [-0.15, -0.1) is 0 Å². The van der Waals surface area contributed by atoms with E-state index >= 15 is 0 Å². The smallest absolute Gasteiger partial charge is 1.00 e. The van der Waals surface area contributed by atoms with Crippen LogP contribution < -0.4 is 94.4 Å². The first-order valence-corrected chi connectivity index (χ1v) is 3.01. The summed E-state index contributed by atoms with van der Waals surface area (Å²) in [7, 11) is 0. The van der Waals surface area contributed by atoms with Gasteiger partial charge in [0.2, 0.25) is 0 Å². The van der Waals surface area contributed by atoms with Crippen molar-refractivity contribution >= 4 is 18.6 Å². The van der Waals surface area contributed by atoms with E-state index in [2.05, 4.69) is 12.6 Å². The van der Waals surface area contributed by atoms with Crippen LogP contribution in [0.3, 0.4) is 0 Å². The Kier molecular flexibility index (Phi) is 20.7. The molecular weight excluding hydrogens is 207 g/mol. The summed E-state index contributed by atoms with van der Waals surface area (Å²) in [4.78, 5) is 10.2. The minimum absolute atomic E-state index is 0. The van der Waals surface area contributed by atoms with E-state index in [0.717, 1.165) is 0 Å². The fourth-order valence-electron chi connectivity index (χ4n) is 0.302. The Bertz CT molecular complexity index is 139. The Balaban J connectivity index is -0.0000000213. The van der Waals surface area contributed by atoms with Crippen molar-refractivity contribution in [3.8, 4) is 0 Å². The van der Waals surface area contributed by atoms with Crippen molar-refractivity contribution in [3.05, 3.63) is 0 Å². The molecule has 0 heterocycles. The van der Waals surface area contributed by atoms with E-state index in [1.54, 1.807) is 13.8 Å². The van der Waals surface area contributed by atoms with Crippen molar-refractivity contribution in [2.75, 3.05) is 0 Å². The molecule has 0 aromatic heterocycles. The predicted molar refractivity (Wildman–Crippen MR) is 42.0 cm³/mol. The first kappa shape index (κ1) is 24.2. The van der Waals surface area contributed by atoms with E-state index in [-0.39, 0.29) is 93.0 Å². The summed E-state index contributed by atoms with van der Waals surface area (Å²) in [6, 6.07) is -0.902. The maximum atomic E-state index is 10.2. The zero-order valence-electron chi connectivity index (χ0n) is 11.5. The first-order chi connectivity index (χ1) is 3.85. The summed E-state index contributed by atoms with van der Waals surface area (Å²) in [5, 5.41) is 8.34. The number of hydrogen-bond acceptors (Lipinski definition) is 3. The Morgan fingerprint density at radius 1 is 1.50 bits per heavy atom. The SMILES string of the molecule is CC(C)(S)[C@@H](N)C(=O)O.[H-].[H-].[H-].[Na+].[Na+].[Na+]. The van der Waals surface area contributed by atoms with Gasteiger partial charge in [-0.3, -0.25) is 4.79 Å². The molecule has 60 valence electrons. The molecule has 12 heavy (non-hydrogen) atoms. The van der Waals surface area contributed by atoms with Gasteiger partial charge in [-0.1, -0.05) is 0 Å². The van der Waals surface area contributed by atoms with Gasteiger partial charge in [-0.25, -0.2) is 0 Å². The summed E-state index contributed by atoms with van der Waals surface area (Å²) in [6.45, 7) is 3.32. The third kappa shape index (κ3) is 10.9. The van der Waals surface area contributed by atoms with Gasteiger partial charge in [0.1, 0.15) is 6.04 Å². The van der Waals surface area contributed by atoms with Crippen LogP contribution in [-0.4, -0.2) is 21.9 Å². The summed E-state index contributed by atoms with van der Waals surface area (Å²) in [5.41, 5.74) is 5.22. The van der Waals surface area contributed by atoms with E-state index in [1.807, 2.05) is 0 Å². The molecule has 0 rings (SSSR count). The normalized spacial score (nSPS) is 11.3. The van der Waals surface area contributed by atoms with Gasteiger partial charge in [0.15, 0.2) is 0 Å². The molecule has 3 nitrogen and oxygen atoms in total. The first-order valence-electron chi connectivity index (χ1n) is 2.56. The van der Waals surface area contributed by atoms with Crippen LogP contribution >= 0.6 is 12.6 Å². The van der Waals surface area contributed by atoms with E-state index in [9.17, 15) is 4.79 Å². The van der Waals surface area contributed by atoms with Gasteiger partial charge in [0, 0.05) is 4.75 Å². The van der Waals surface area contributed by atoms with Crippen LogP contribution in [0.4, 0.5) is 0 Å². The minimum atomic E-state index is -1.02. The van der Waals surface area contributed by atoms with Crippen LogP contribution in [0.5, 0.6) is 0 Å². The van der Waals surface area contributed by atoms with Gasteiger partial charge in [0.25, 0.3) is 0 Å². The van der Waals surface area contributed by atoms with E-state index in [0.29, 0.717) is 0 Å². The van der Waals surface area contributed by atoms with Crippen LogP contribution in [0.25, 0.3) is 0 Å². The molecule has 0 spiro atoms. The third-order valence-electron chi connectivity index (χ3n) is 1.03. The van der Waals surface area contributed by atoms with Crippen molar-refractivity contribution in [2.24, 2.45) is 5.73 Å². The van der Waals surface area contributed by atoms with Crippen LogP contribution in [-0.2, 0) is 4.79 Å². The topological polar surface area (TPSA) is 63.3 Å². The quantitative estimate of drug-likeness (QED) is 0.320. The third-order valence-corrected chi connectivity index (χ3v) is 1.31. The monoisotopic (exact) mass is 221 g/mol. The molecular formula is C5H14NNa3O2S. The van der Waals surface area contributed by atoms with Crippen LogP contribution in [0.2, 0.25) is 0 Å². The second kappa shape index (κ2) is 10.3. The second-order valence-corrected chi connectivity index (χ2v) is 3.62. The number of carboxylic acids is 1. The Morgan fingerprint density at radius 2 is 1.75 bits per heavy atom. The average molecular weight is 221 g/mol. The molecule has 1 atom stereocenters. The van der Waals surface area contributed by atoms with Crippen LogP contribution in [0, 0.1) is 0 Å². The average Bonchev–Trinajstić information content (AvgIpc) is 1.62. The zero-order chi connectivity index (χ0) is 7.65. The molecule has 0 bridgehead atoms. The maximum absolute atomic E-state index is 10.2. The molecule has 0 saturated carbocycles. The summed E-state index contributed by atoms with van der Waals surface area (Å²) >= 11 is 3.98. The number of hydrogen-bond donors (Lipinski definition) is 3. The molecule has 0 aliphatic carbocycles. The molecule has 7 heteroatoms. The molecule has 0 aliphatic rings. The number of nitrogens with two attached hydrogens (primary N) is 1. The Labute approximate surface area is 149 Å². The molecule has 0 aromatic rings. The second-order valence-electron chi connectivity index (χ2n) is 2.47. The van der Waals surface area contributed by atoms with Gasteiger partial charge >= 0.3 is 94.6 Å². The fraction of sp³-hybridized carbons (Fsp3) is 0.800. The van der Waals surface area contributed by atoms with E-state index in [1.165, 1.54) is 0 Å². The Hall–Kier alpha value is 2.78. The maximum Gasteiger partial charge on any atom is 1.00 e. The largest absolute Gasteiger partial charge is 1.00 e. The van der Waals surface area contributed by atoms with Gasteiger partial charge in [-0.2, -0.15) is 12.6 Å². The van der Waals surface area contributed by atoms with Gasteiger partial charge in [0.05, 0.1) is 0 Å². The van der Waals surface area contributed by atoms with Crippen LogP contribution in [0.1, 0.15) is 18.1 Å². The number of aliphatic carboxylic acids is 1. The molecule has 0 amide bonds. The van der Waals surface area contributed by atoms with Crippen molar-refractivity contribution in [1.29, 1.82) is 0 Å². The number of carboxylic acid groups (broad SMARTS) is 1. The molecule has 0 radical (unpaired) electrons. The summed E-state index contributed by atoms with van der Waals surface area (Å²) in [5.74, 6) is -1.02. The Morgan fingerprint density at radius 3 is 1.75 bits per heavy atom. The van der Waals surface area contributed by atoms with Gasteiger partial charge < -0.3 is 15.1 Å². The number of thiol groups is 1. The number of rotatable bonds is 2. The van der Waals surface area contributed by atoms with Crippen molar-refractivity contribution in [1.82, 2.24) is 0 Å². The van der Waals surface area contributed by atoms with E-state index in [4.69, 9.17) is 10.8 Å². The summed E-state index contributed by atoms with van der Waals surface area (Å²) in [6.07, 6.45) is 0. The van der Waals surface area contributed by atoms with Crippen LogP contribution in [0.15, 0.2) is 0 Å². The van der Waals surface area contributed by atoms with Gasteiger partial charge in [-0.05, 0) is 13.8 Å². The fourth-order valence-corrected chi connectivity index (χ4v) is 0.413. The standard InChI is InChI=1S/C5H11NO2S.3Na.3H/c1-5(2,9)3(6)4(7)8;;;;;;/h3,9H,6H2,1-2H3,(H,7,8);;;;;;/q;3*+1;3*-1/t3-;;;;;;/m0....../s1. The molecule has 3 N–H and O–H groups in total. The van der Waals surface area contributed by atoms with Crippen molar-refractivity contribution in [3.63, 3.8) is 0 Å². The van der Waals surface area contributed by atoms with Crippen molar-refractivity contribution in [2.45, 2.75) is 24.6 Å². The molecule has 0 aliphatic heterocycles. The minimum Gasteiger partial charge on any atom is -1.00 e. The van der Waals surface area contributed by atoms with Crippen molar-refractivity contribution < 1.29 is 103 Å². The predicted octanol–water partition coefficient (Wildman–Crippen LogP) is -8.54. The zero-order valence-corrected chi connectivity index (χ0v) is 15.4. The summed E-state index contributed by atoms with van der Waals surface area (Å²) < 4.78 is -0.647. The van der Waals surface area contributed by atoms with E-state index < -0.39 is 16.8 Å². The molecule has 0 saturated heterocycles. The number of carbonyl (C=O) groups is 1. The molecule has 0 fully saturated rings. The molecule has 0 aromatic carbocycles. The molecule has 0 unspecified atom stereocenters.